The third-order valence-electron chi connectivity index (χ3n) is 3.69. The molecule has 2 aliphatic heterocycles. The van der Waals surface area contributed by atoms with E-state index in [1.54, 1.807) is 31.7 Å². The first-order chi connectivity index (χ1) is 7.76. The molecule has 0 amide bonds. The normalized spacial score (nSPS) is 31.1. The van der Waals surface area contributed by atoms with Gasteiger partial charge in [0.1, 0.15) is 0 Å². The van der Waals surface area contributed by atoms with Crippen molar-refractivity contribution in [1.82, 2.24) is 0 Å². The molecule has 0 radical (unpaired) electrons. The van der Waals surface area contributed by atoms with Gasteiger partial charge in [-0.15, -0.1) is 0 Å². The Morgan fingerprint density at radius 1 is 1.38 bits per heavy atom. The Morgan fingerprint density at radius 3 is 2.94 bits per heavy atom. The van der Waals surface area contributed by atoms with Gasteiger partial charge in [0.25, 0.3) is 0 Å². The van der Waals surface area contributed by atoms with E-state index in [2.05, 4.69) is 29.5 Å². The molecule has 1 atom stereocenters. The van der Waals surface area contributed by atoms with Crippen molar-refractivity contribution in [3.8, 4) is 0 Å². The predicted octanol–water partition coefficient (Wildman–Crippen LogP) is -2.16. The Hall–Kier alpha value is 1.93. The van der Waals surface area contributed by atoms with Crippen LogP contribution in [-0.2, 0) is 0 Å². The van der Waals surface area contributed by atoms with E-state index in [1.165, 1.54) is 23.7 Å². The molecule has 0 aromatic heterocycles. The summed E-state index contributed by atoms with van der Waals surface area (Å²) < 4.78 is 8.20. The standard InChI is InChI=1S/C13H21I3/c1-11-3-2-5-13(9-15-8-7-14)6-4-12(11)16-10-13/h2-10H2,1H3/q-2/t13-/m1/s1. The van der Waals surface area contributed by atoms with Crippen molar-refractivity contribution in [3.63, 3.8) is 0 Å². The van der Waals surface area contributed by atoms with E-state index < -0.39 is 0 Å². The zero-order valence-electron chi connectivity index (χ0n) is 10.00. The number of allylic oxidation sites excluding steroid dienone is 2. The fraction of sp³-hybridized carbons (Fsp3) is 0.846. The average Bonchev–Trinajstić information content (AvgIpc) is 2.27. The molecule has 1 aliphatic carbocycles. The summed E-state index contributed by atoms with van der Waals surface area (Å²) in [5.41, 5.74) is 2.65. The first-order valence-electron chi connectivity index (χ1n) is 6.13. The van der Waals surface area contributed by atoms with Gasteiger partial charge in [-0.1, -0.05) is 0 Å². The molecule has 1 fully saturated rings. The second kappa shape index (κ2) is 6.91. The first kappa shape index (κ1) is 14.3. The third kappa shape index (κ3) is 3.71. The van der Waals surface area contributed by atoms with Gasteiger partial charge >= 0.3 is 136 Å². The molecule has 0 N–H and O–H groups in total. The SMILES string of the molecule is CC1=C2CC[C@@](C[I-]CCI)(CCC1)C[I-]2. The minimum absolute atomic E-state index is 0.437. The van der Waals surface area contributed by atoms with Gasteiger partial charge in [0.05, 0.1) is 0 Å². The predicted molar refractivity (Wildman–Crippen MR) is 71.7 cm³/mol. The van der Waals surface area contributed by atoms with Gasteiger partial charge in [0.2, 0.25) is 0 Å². The van der Waals surface area contributed by atoms with Crippen LogP contribution in [0.3, 0.4) is 0 Å². The van der Waals surface area contributed by atoms with Crippen LogP contribution in [0.1, 0.15) is 39.0 Å². The summed E-state index contributed by atoms with van der Waals surface area (Å²) in [5.74, 6) is 0. The van der Waals surface area contributed by atoms with E-state index in [4.69, 9.17) is 0 Å². The maximum atomic E-state index is 2.55. The van der Waals surface area contributed by atoms with Gasteiger partial charge in [-0.05, 0) is 0 Å². The molecule has 1 saturated heterocycles. The number of alkyl halides is 4. The molecular formula is C13H21I3-2. The van der Waals surface area contributed by atoms with Gasteiger partial charge < -0.3 is 0 Å². The maximum absolute atomic E-state index is 2.55. The van der Waals surface area contributed by atoms with Crippen molar-refractivity contribution >= 4 is 22.6 Å². The fourth-order valence-corrected chi connectivity index (χ4v) is 12.3. The van der Waals surface area contributed by atoms with E-state index >= 15 is 0 Å². The summed E-state index contributed by atoms with van der Waals surface area (Å²) in [5, 5.41) is 0. The van der Waals surface area contributed by atoms with Crippen LogP contribution in [-0.4, -0.2) is 17.7 Å². The quantitative estimate of drug-likeness (QED) is 0.210. The Bertz CT molecular complexity index is 260. The molecule has 0 saturated carbocycles. The first-order valence-corrected chi connectivity index (χ1v) is 13.3. The van der Waals surface area contributed by atoms with Gasteiger partial charge in [-0.3, -0.25) is 0 Å². The van der Waals surface area contributed by atoms with Crippen LogP contribution in [0.2, 0.25) is 0 Å². The number of hydrogen-bond donors (Lipinski definition) is 0. The van der Waals surface area contributed by atoms with Crippen LogP contribution in [0.5, 0.6) is 0 Å². The zero-order valence-corrected chi connectivity index (χ0v) is 16.5. The van der Waals surface area contributed by atoms with E-state index in [9.17, 15) is 0 Å². The Kier molecular flexibility index (Phi) is 6.20. The fourth-order valence-electron chi connectivity index (χ4n) is 2.60. The topological polar surface area (TPSA) is 0 Å². The number of halogens is 3. The summed E-state index contributed by atoms with van der Waals surface area (Å²) in [7, 11) is 0. The summed E-state index contributed by atoms with van der Waals surface area (Å²) >= 11 is 3.52. The molecule has 96 valence electrons. The monoisotopic (exact) mass is 558 g/mol. The van der Waals surface area contributed by atoms with Crippen LogP contribution >= 0.6 is 22.6 Å². The Balaban J connectivity index is 1.97. The second-order valence-electron chi connectivity index (χ2n) is 5.01. The summed E-state index contributed by atoms with van der Waals surface area (Å²) in [6, 6.07) is 0. The van der Waals surface area contributed by atoms with Crippen molar-refractivity contribution in [1.29, 1.82) is 0 Å². The minimum atomic E-state index is 0.437. The van der Waals surface area contributed by atoms with Crippen molar-refractivity contribution < 1.29 is 42.4 Å². The molecule has 3 rings (SSSR count). The molecule has 0 aromatic carbocycles. The number of hydrogen-bond acceptors (Lipinski definition) is 0. The number of rotatable bonds is 4. The summed E-state index contributed by atoms with van der Waals surface area (Å²) in [6.07, 6.45) is 7.54. The van der Waals surface area contributed by atoms with Crippen LogP contribution in [0.25, 0.3) is 0 Å². The molecule has 3 heteroatoms. The van der Waals surface area contributed by atoms with Crippen LogP contribution in [0, 0.1) is 5.41 Å². The van der Waals surface area contributed by atoms with E-state index in [0.29, 0.717) is 42.4 Å². The summed E-state index contributed by atoms with van der Waals surface area (Å²) in [6.45, 7) is 2.41. The van der Waals surface area contributed by atoms with Crippen molar-refractivity contribution in [2.75, 3.05) is 17.7 Å². The second-order valence-corrected chi connectivity index (χ2v) is 11.8. The molecule has 2 heterocycles. The average molecular weight is 558 g/mol. The van der Waals surface area contributed by atoms with Crippen molar-refractivity contribution in [2.24, 2.45) is 5.41 Å². The third-order valence-corrected chi connectivity index (χ3v) is 14.1. The van der Waals surface area contributed by atoms with Crippen LogP contribution in [0.4, 0.5) is 0 Å². The van der Waals surface area contributed by atoms with E-state index in [-0.39, 0.29) is 0 Å². The van der Waals surface area contributed by atoms with Crippen LogP contribution < -0.4 is 42.4 Å². The van der Waals surface area contributed by atoms with Gasteiger partial charge in [-0.25, -0.2) is 0 Å². The van der Waals surface area contributed by atoms with E-state index in [1.807, 2.05) is 3.58 Å². The van der Waals surface area contributed by atoms with Crippen LogP contribution in [0.15, 0.2) is 9.15 Å². The summed E-state index contributed by atoms with van der Waals surface area (Å²) in [4.78, 5) is 0. The molecule has 2 bridgehead atoms. The Labute approximate surface area is 134 Å². The van der Waals surface area contributed by atoms with Crippen molar-refractivity contribution in [2.45, 2.75) is 39.0 Å². The molecule has 16 heavy (non-hydrogen) atoms. The van der Waals surface area contributed by atoms with Gasteiger partial charge in [0, 0.05) is 0 Å². The molecular weight excluding hydrogens is 537 g/mol. The molecule has 0 unspecified atom stereocenters. The molecule has 3 aliphatic rings. The molecule has 0 nitrogen and oxygen atoms in total. The zero-order chi connectivity index (χ0) is 11.4. The Morgan fingerprint density at radius 2 is 2.25 bits per heavy atom. The molecule has 0 aromatic rings. The number of fused-ring (bicyclic) bond motifs is 5. The van der Waals surface area contributed by atoms with Crippen molar-refractivity contribution in [3.05, 3.63) is 9.15 Å². The van der Waals surface area contributed by atoms with Gasteiger partial charge in [-0.2, -0.15) is 0 Å². The molecule has 0 spiro atoms. The van der Waals surface area contributed by atoms with Gasteiger partial charge in [0.15, 0.2) is 0 Å². The van der Waals surface area contributed by atoms with E-state index in [0.717, 1.165) is 5.41 Å².